The number of anilines is 1. The van der Waals surface area contributed by atoms with Crippen molar-refractivity contribution in [1.29, 1.82) is 0 Å². The van der Waals surface area contributed by atoms with Gasteiger partial charge in [0.15, 0.2) is 0 Å². The van der Waals surface area contributed by atoms with Gasteiger partial charge in [-0.1, -0.05) is 22.0 Å². The predicted molar refractivity (Wildman–Crippen MR) is 81.1 cm³/mol. The Morgan fingerprint density at radius 3 is 2.39 bits per heavy atom. The lowest BCUT2D eigenvalue weighted by atomic mass is 10.2. The minimum absolute atomic E-state index is 0.0403. The van der Waals surface area contributed by atoms with Crippen LogP contribution in [-0.4, -0.2) is 8.42 Å². The molecule has 0 bridgehead atoms. The molecule has 0 aliphatic carbocycles. The summed E-state index contributed by atoms with van der Waals surface area (Å²) in [6, 6.07) is 6.30. The zero-order valence-electron chi connectivity index (χ0n) is 11.6. The van der Waals surface area contributed by atoms with Gasteiger partial charge < -0.3 is 0 Å². The minimum atomic E-state index is -4.71. The number of sulfonamides is 1. The summed E-state index contributed by atoms with van der Waals surface area (Å²) in [5.74, 6) is -0.628. The van der Waals surface area contributed by atoms with E-state index in [1.165, 1.54) is 19.1 Å². The minimum Gasteiger partial charge on any atom is -0.279 e. The highest BCUT2D eigenvalue weighted by Gasteiger charge is 2.34. The van der Waals surface area contributed by atoms with Gasteiger partial charge in [0, 0.05) is 10.0 Å². The van der Waals surface area contributed by atoms with Crippen LogP contribution in [0.15, 0.2) is 45.8 Å². The Labute approximate surface area is 138 Å². The molecule has 23 heavy (non-hydrogen) atoms. The van der Waals surface area contributed by atoms with Crippen molar-refractivity contribution in [2.45, 2.75) is 18.0 Å². The van der Waals surface area contributed by atoms with Gasteiger partial charge in [-0.25, -0.2) is 12.8 Å². The van der Waals surface area contributed by atoms with E-state index in [0.717, 1.165) is 18.2 Å². The molecule has 3 nitrogen and oxygen atoms in total. The van der Waals surface area contributed by atoms with Crippen molar-refractivity contribution in [1.82, 2.24) is 0 Å². The van der Waals surface area contributed by atoms with Gasteiger partial charge in [0.25, 0.3) is 10.0 Å². The first-order valence-corrected chi connectivity index (χ1v) is 8.44. The molecule has 0 aromatic heterocycles. The van der Waals surface area contributed by atoms with E-state index >= 15 is 0 Å². The van der Waals surface area contributed by atoms with Crippen molar-refractivity contribution in [2.75, 3.05) is 4.72 Å². The Hall–Kier alpha value is -1.61. The summed E-state index contributed by atoms with van der Waals surface area (Å²) in [5.41, 5.74) is -1.11. The molecule has 0 amide bonds. The lowest BCUT2D eigenvalue weighted by Crippen LogP contribution is -2.16. The van der Waals surface area contributed by atoms with Crippen LogP contribution in [0.4, 0.5) is 23.2 Å². The molecule has 2 rings (SSSR count). The Kier molecular flexibility index (Phi) is 4.72. The molecule has 2 aromatic carbocycles. The fraction of sp³-hybridized carbons (Fsp3) is 0.143. The van der Waals surface area contributed by atoms with Crippen molar-refractivity contribution < 1.29 is 26.0 Å². The maximum Gasteiger partial charge on any atom is 0.417 e. The normalized spacial score (nSPS) is 12.3. The van der Waals surface area contributed by atoms with Crippen LogP contribution < -0.4 is 4.72 Å². The van der Waals surface area contributed by atoms with Crippen LogP contribution in [0, 0.1) is 12.7 Å². The van der Waals surface area contributed by atoms with Gasteiger partial charge in [-0.05, 0) is 37.3 Å². The number of nitrogens with one attached hydrogen (secondary N) is 1. The third kappa shape index (κ3) is 3.84. The molecule has 124 valence electrons. The van der Waals surface area contributed by atoms with E-state index in [1.54, 1.807) is 0 Å². The highest BCUT2D eigenvalue weighted by atomic mass is 79.9. The van der Waals surface area contributed by atoms with Gasteiger partial charge in [-0.2, -0.15) is 13.2 Å². The fourth-order valence-corrected chi connectivity index (χ4v) is 3.43. The Morgan fingerprint density at radius 2 is 1.78 bits per heavy atom. The molecule has 0 saturated heterocycles. The zero-order valence-corrected chi connectivity index (χ0v) is 14.0. The molecule has 0 aliphatic rings. The van der Waals surface area contributed by atoms with Crippen LogP contribution in [0.25, 0.3) is 0 Å². The van der Waals surface area contributed by atoms with Gasteiger partial charge in [-0.3, -0.25) is 4.72 Å². The van der Waals surface area contributed by atoms with E-state index in [9.17, 15) is 26.0 Å². The topological polar surface area (TPSA) is 46.2 Å². The summed E-state index contributed by atoms with van der Waals surface area (Å²) in [6.45, 7) is 1.36. The molecule has 0 atom stereocenters. The number of rotatable bonds is 3. The second kappa shape index (κ2) is 6.12. The van der Waals surface area contributed by atoms with E-state index in [0.29, 0.717) is 6.07 Å². The molecule has 0 aliphatic heterocycles. The first-order valence-electron chi connectivity index (χ1n) is 6.17. The molecule has 0 fully saturated rings. The zero-order chi connectivity index (χ0) is 17.4. The molecular formula is C14H10BrF4NO2S. The molecule has 0 radical (unpaired) electrons. The first-order chi connectivity index (χ1) is 10.5. The molecule has 2 aromatic rings. The van der Waals surface area contributed by atoms with E-state index in [1.807, 2.05) is 0 Å². The number of hydrogen-bond donors (Lipinski definition) is 1. The summed E-state index contributed by atoms with van der Waals surface area (Å²) in [6.07, 6.45) is -4.71. The van der Waals surface area contributed by atoms with Gasteiger partial charge in [0.2, 0.25) is 0 Å². The smallest absolute Gasteiger partial charge is 0.279 e. The second-order valence-corrected chi connectivity index (χ2v) is 7.19. The summed E-state index contributed by atoms with van der Waals surface area (Å²) in [5, 5.41) is 0. The Morgan fingerprint density at radius 1 is 1.13 bits per heavy atom. The molecule has 0 spiro atoms. The van der Waals surface area contributed by atoms with Crippen molar-refractivity contribution in [2.24, 2.45) is 0 Å². The van der Waals surface area contributed by atoms with Crippen molar-refractivity contribution >= 4 is 31.6 Å². The molecule has 0 unspecified atom stereocenters. The van der Waals surface area contributed by atoms with Gasteiger partial charge in [-0.15, -0.1) is 0 Å². The predicted octanol–water partition coefficient (Wildman–Crippen LogP) is 4.72. The maximum absolute atomic E-state index is 13.4. The van der Waals surface area contributed by atoms with E-state index in [2.05, 4.69) is 20.7 Å². The van der Waals surface area contributed by atoms with Crippen LogP contribution in [0.3, 0.4) is 0 Å². The van der Waals surface area contributed by atoms with Gasteiger partial charge >= 0.3 is 6.18 Å². The molecule has 0 heterocycles. The highest BCUT2D eigenvalue weighted by Crippen LogP contribution is 2.36. The number of halogens is 5. The average Bonchev–Trinajstić information content (AvgIpc) is 2.42. The van der Waals surface area contributed by atoms with Crippen molar-refractivity contribution in [3.05, 3.63) is 57.8 Å². The summed E-state index contributed by atoms with van der Waals surface area (Å²) in [4.78, 5) is -0.573. The van der Waals surface area contributed by atoms with E-state index in [-0.39, 0.29) is 15.7 Å². The van der Waals surface area contributed by atoms with Crippen LogP contribution in [0.1, 0.15) is 11.1 Å². The van der Waals surface area contributed by atoms with Gasteiger partial charge in [0.1, 0.15) is 5.82 Å². The highest BCUT2D eigenvalue weighted by molar-refractivity contribution is 9.10. The fourth-order valence-electron chi connectivity index (χ4n) is 1.81. The quantitative estimate of drug-likeness (QED) is 0.742. The van der Waals surface area contributed by atoms with Crippen LogP contribution >= 0.6 is 15.9 Å². The first kappa shape index (κ1) is 17.7. The summed E-state index contributed by atoms with van der Waals surface area (Å²) in [7, 11) is -4.29. The Bertz CT molecular complexity index is 850. The molecular weight excluding hydrogens is 402 g/mol. The van der Waals surface area contributed by atoms with Crippen LogP contribution in [0.5, 0.6) is 0 Å². The lowest BCUT2D eigenvalue weighted by molar-refractivity contribution is -0.138. The number of benzene rings is 2. The second-order valence-electron chi connectivity index (χ2n) is 4.66. The SMILES string of the molecule is Cc1c(F)cccc1NS(=O)(=O)c1ccc(Br)c(C(F)(F)F)c1. The number of hydrogen-bond acceptors (Lipinski definition) is 2. The van der Waals surface area contributed by atoms with Crippen LogP contribution in [-0.2, 0) is 16.2 Å². The largest absolute Gasteiger partial charge is 0.417 e. The summed E-state index contributed by atoms with van der Waals surface area (Å²) >= 11 is 2.74. The van der Waals surface area contributed by atoms with Gasteiger partial charge in [0.05, 0.1) is 16.1 Å². The monoisotopic (exact) mass is 411 g/mol. The van der Waals surface area contributed by atoms with E-state index < -0.39 is 32.5 Å². The average molecular weight is 412 g/mol. The third-order valence-corrected chi connectivity index (χ3v) is 5.12. The molecule has 9 heteroatoms. The standard InChI is InChI=1S/C14H10BrF4NO2S/c1-8-12(16)3-2-4-13(8)20-23(21,22)9-5-6-11(15)10(7-9)14(17,18)19/h2-7,20H,1H3. The lowest BCUT2D eigenvalue weighted by Gasteiger charge is -2.14. The Balaban J connectivity index is 2.47. The maximum atomic E-state index is 13.4. The molecule has 0 saturated carbocycles. The van der Waals surface area contributed by atoms with Crippen molar-refractivity contribution in [3.63, 3.8) is 0 Å². The number of alkyl halides is 3. The van der Waals surface area contributed by atoms with Crippen LogP contribution in [0.2, 0.25) is 0 Å². The van der Waals surface area contributed by atoms with E-state index in [4.69, 9.17) is 0 Å². The summed E-state index contributed by atoms with van der Waals surface area (Å²) < 4.78 is 78.3. The third-order valence-electron chi connectivity index (χ3n) is 3.07. The van der Waals surface area contributed by atoms with Crippen molar-refractivity contribution in [3.8, 4) is 0 Å². The molecule has 1 N–H and O–H groups in total.